The molecule has 2 aromatic carbocycles. The number of rotatable bonds is 14. The van der Waals surface area contributed by atoms with Crippen LogP contribution in [0.25, 0.3) is 0 Å². The van der Waals surface area contributed by atoms with Crippen molar-refractivity contribution < 1.29 is 47.0 Å². The summed E-state index contributed by atoms with van der Waals surface area (Å²) >= 11 is 0. The summed E-state index contributed by atoms with van der Waals surface area (Å²) in [6, 6.07) is 11.8. The minimum atomic E-state index is -5.06. The summed E-state index contributed by atoms with van der Waals surface area (Å²) in [7, 11) is 0. The molecule has 3 atom stereocenters. The van der Waals surface area contributed by atoms with Gasteiger partial charge in [-0.2, -0.15) is 13.2 Å². The van der Waals surface area contributed by atoms with Crippen LogP contribution in [0.4, 0.5) is 18.9 Å². The molecule has 0 aliphatic carbocycles. The molecule has 1 heterocycles. The number of hydrogen-bond acceptors (Lipinski definition) is 10. The molecule has 0 amide bonds. The SMILES string of the molecule is CCOC(=O)C1C(C(F)(F)F)=NC(C)=C(C(=O)OCCc2ccc(OCC(O)CNC(C)C)cc2)C1c1cccc([N+](=O)[O-])c1. The standard InChI is InChI=1S/C31H36F3N3O8/c1-5-43-30(40)27-26(21-7-6-8-22(15-21)37(41)42)25(19(4)36-28(27)31(32,33)34)29(39)44-14-13-20-9-11-24(12-10-20)45-17-23(38)16-35-18(2)3/h6-12,15,18,23,26-27,35,38H,5,13-14,16-17H2,1-4H3. The number of nitrogens with zero attached hydrogens (tertiary/aromatic N) is 2. The number of aliphatic hydroxyl groups excluding tert-OH is 1. The molecule has 0 radical (unpaired) electrons. The molecule has 11 nitrogen and oxygen atoms in total. The van der Waals surface area contributed by atoms with Crippen LogP contribution in [0.3, 0.4) is 0 Å². The van der Waals surface area contributed by atoms with Gasteiger partial charge < -0.3 is 24.6 Å². The van der Waals surface area contributed by atoms with Gasteiger partial charge in [-0.05, 0) is 37.1 Å². The van der Waals surface area contributed by atoms with Gasteiger partial charge in [-0.15, -0.1) is 0 Å². The second-order valence-corrected chi connectivity index (χ2v) is 10.6. The van der Waals surface area contributed by atoms with Crippen LogP contribution in [0.15, 0.2) is 64.8 Å². The molecule has 1 aliphatic rings. The zero-order valence-corrected chi connectivity index (χ0v) is 25.3. The molecular formula is C31H36F3N3O8. The number of carbonyl (C=O) groups is 2. The van der Waals surface area contributed by atoms with Crippen LogP contribution in [0.2, 0.25) is 0 Å². The highest BCUT2D eigenvalue weighted by atomic mass is 19.4. The van der Waals surface area contributed by atoms with Gasteiger partial charge in [0, 0.05) is 42.8 Å². The monoisotopic (exact) mass is 635 g/mol. The number of esters is 2. The van der Waals surface area contributed by atoms with Gasteiger partial charge >= 0.3 is 18.1 Å². The van der Waals surface area contributed by atoms with Gasteiger partial charge in [-0.3, -0.25) is 19.9 Å². The van der Waals surface area contributed by atoms with E-state index in [2.05, 4.69) is 10.3 Å². The molecule has 3 unspecified atom stereocenters. The topological polar surface area (TPSA) is 150 Å². The Morgan fingerprint density at radius 1 is 1.13 bits per heavy atom. The molecule has 0 bridgehead atoms. The fraction of sp³-hybridized carbons (Fsp3) is 0.452. The lowest BCUT2D eigenvalue weighted by atomic mass is 9.75. The van der Waals surface area contributed by atoms with Crippen LogP contribution in [0.5, 0.6) is 5.75 Å². The maximum absolute atomic E-state index is 14.2. The predicted octanol–water partition coefficient (Wildman–Crippen LogP) is 4.67. The molecule has 1 aliphatic heterocycles. The third-order valence-electron chi connectivity index (χ3n) is 6.86. The molecule has 0 saturated heterocycles. The summed E-state index contributed by atoms with van der Waals surface area (Å²) in [5, 5.41) is 24.6. The van der Waals surface area contributed by atoms with Gasteiger partial charge in [-0.25, -0.2) is 4.79 Å². The number of nitro groups is 1. The summed E-state index contributed by atoms with van der Waals surface area (Å²) < 4.78 is 58.4. The van der Waals surface area contributed by atoms with Gasteiger partial charge in [0.25, 0.3) is 5.69 Å². The lowest BCUT2D eigenvalue weighted by Crippen LogP contribution is -2.44. The smallest absolute Gasteiger partial charge is 0.430 e. The van der Waals surface area contributed by atoms with Crippen molar-refractivity contribution >= 4 is 23.3 Å². The maximum Gasteiger partial charge on any atom is 0.430 e. The number of aliphatic imine (C=N–C) groups is 1. The molecule has 0 fully saturated rings. The first-order valence-electron chi connectivity index (χ1n) is 14.3. The summed E-state index contributed by atoms with van der Waals surface area (Å²) in [5.41, 5.74) is -1.91. The number of nitrogens with one attached hydrogen (secondary N) is 1. The fourth-order valence-corrected chi connectivity index (χ4v) is 4.76. The van der Waals surface area contributed by atoms with Gasteiger partial charge in [-0.1, -0.05) is 38.1 Å². The Morgan fingerprint density at radius 3 is 2.42 bits per heavy atom. The van der Waals surface area contributed by atoms with Crippen molar-refractivity contribution in [2.75, 3.05) is 26.4 Å². The quantitative estimate of drug-likeness (QED) is 0.172. The molecule has 0 spiro atoms. The second kappa shape index (κ2) is 15.6. The Hall–Kier alpha value is -4.30. The van der Waals surface area contributed by atoms with Crippen molar-refractivity contribution in [3.63, 3.8) is 0 Å². The minimum Gasteiger partial charge on any atom is -0.491 e. The number of halogens is 3. The van der Waals surface area contributed by atoms with E-state index in [0.717, 1.165) is 17.7 Å². The lowest BCUT2D eigenvalue weighted by Gasteiger charge is -2.33. The van der Waals surface area contributed by atoms with E-state index < -0.39 is 52.4 Å². The normalized spacial score (nSPS) is 17.5. The van der Waals surface area contributed by atoms with Crippen LogP contribution in [0.1, 0.15) is 44.7 Å². The third-order valence-corrected chi connectivity index (χ3v) is 6.86. The first-order valence-corrected chi connectivity index (χ1v) is 14.3. The van der Waals surface area contributed by atoms with Crippen LogP contribution < -0.4 is 10.1 Å². The van der Waals surface area contributed by atoms with Gasteiger partial charge in [0.05, 0.1) is 23.7 Å². The first kappa shape index (κ1) is 35.2. The van der Waals surface area contributed by atoms with Crippen molar-refractivity contribution in [3.8, 4) is 5.75 Å². The highest BCUT2D eigenvalue weighted by molar-refractivity contribution is 6.10. The highest BCUT2D eigenvalue weighted by Gasteiger charge is 2.53. The molecular weight excluding hydrogens is 599 g/mol. The van der Waals surface area contributed by atoms with Crippen LogP contribution in [0, 0.1) is 16.0 Å². The van der Waals surface area contributed by atoms with E-state index in [0.29, 0.717) is 12.3 Å². The molecule has 2 N–H and O–H groups in total. The number of nitro benzene ring substituents is 1. The first-order chi connectivity index (χ1) is 21.2. The summed E-state index contributed by atoms with van der Waals surface area (Å²) in [6.45, 7) is 6.57. The zero-order valence-electron chi connectivity index (χ0n) is 25.3. The summed E-state index contributed by atoms with van der Waals surface area (Å²) in [6.07, 6.45) is -5.53. The number of alkyl halides is 3. The Labute approximate surface area is 258 Å². The molecule has 0 aromatic heterocycles. The predicted molar refractivity (Wildman–Crippen MR) is 158 cm³/mol. The molecule has 244 valence electrons. The summed E-state index contributed by atoms with van der Waals surface area (Å²) in [5.74, 6) is -5.51. The van der Waals surface area contributed by atoms with Crippen LogP contribution in [-0.4, -0.2) is 72.4 Å². The third kappa shape index (κ3) is 9.59. The largest absolute Gasteiger partial charge is 0.491 e. The second-order valence-electron chi connectivity index (χ2n) is 10.6. The number of allylic oxidation sites excluding steroid dienone is 1. The Kier molecular flexibility index (Phi) is 12.2. The number of aliphatic hydroxyl groups is 1. The van der Waals surface area contributed by atoms with E-state index in [1.165, 1.54) is 26.0 Å². The average molecular weight is 636 g/mol. The van der Waals surface area contributed by atoms with Crippen LogP contribution >= 0.6 is 0 Å². The Bertz CT molecular complexity index is 1420. The minimum absolute atomic E-state index is 0.0779. The Morgan fingerprint density at radius 2 is 1.82 bits per heavy atom. The Balaban J connectivity index is 1.82. The van der Waals surface area contributed by atoms with E-state index in [9.17, 15) is 38.0 Å². The number of carbonyl (C=O) groups excluding carboxylic acids is 2. The van der Waals surface area contributed by atoms with E-state index >= 15 is 0 Å². The van der Waals surface area contributed by atoms with E-state index in [1.807, 2.05) is 13.8 Å². The van der Waals surface area contributed by atoms with Crippen molar-refractivity contribution in [1.29, 1.82) is 0 Å². The maximum atomic E-state index is 14.2. The van der Waals surface area contributed by atoms with E-state index in [1.54, 1.807) is 24.3 Å². The number of hydrogen-bond donors (Lipinski definition) is 2. The lowest BCUT2D eigenvalue weighted by molar-refractivity contribution is -0.384. The number of ether oxygens (including phenoxy) is 3. The van der Waals surface area contributed by atoms with Gasteiger partial charge in [0.2, 0.25) is 0 Å². The van der Waals surface area contributed by atoms with Crippen molar-refractivity contribution in [3.05, 3.63) is 81.0 Å². The number of benzene rings is 2. The molecule has 0 saturated carbocycles. The molecule has 2 aromatic rings. The van der Waals surface area contributed by atoms with Gasteiger partial charge in [0.1, 0.15) is 30.1 Å². The van der Waals surface area contributed by atoms with Crippen LogP contribution in [-0.2, 0) is 25.5 Å². The zero-order chi connectivity index (χ0) is 33.3. The van der Waals surface area contributed by atoms with Crippen molar-refractivity contribution in [1.82, 2.24) is 5.32 Å². The van der Waals surface area contributed by atoms with E-state index in [4.69, 9.17) is 14.2 Å². The molecule has 45 heavy (non-hydrogen) atoms. The average Bonchev–Trinajstić information content (AvgIpc) is 2.98. The van der Waals surface area contributed by atoms with Crippen molar-refractivity contribution in [2.45, 2.75) is 58.4 Å². The van der Waals surface area contributed by atoms with Gasteiger partial charge in [0.15, 0.2) is 0 Å². The molecule has 3 rings (SSSR count). The molecule has 14 heteroatoms. The van der Waals surface area contributed by atoms with Crippen molar-refractivity contribution in [2.24, 2.45) is 10.9 Å². The summed E-state index contributed by atoms with van der Waals surface area (Å²) in [4.78, 5) is 40.7. The fourth-order valence-electron chi connectivity index (χ4n) is 4.76. The number of non-ortho nitro benzene ring substituents is 1. The highest BCUT2D eigenvalue weighted by Crippen LogP contribution is 2.44. The van der Waals surface area contributed by atoms with E-state index in [-0.39, 0.29) is 49.1 Å².